The van der Waals surface area contributed by atoms with Crippen LogP contribution >= 0.6 is 0 Å². The number of aryl methyl sites for hydroxylation is 1. The second-order valence-corrected chi connectivity index (χ2v) is 6.65. The molecule has 1 fully saturated rings. The zero-order valence-electron chi connectivity index (χ0n) is 16.3. The number of piperazine rings is 1. The molecule has 1 aliphatic rings. The summed E-state index contributed by atoms with van der Waals surface area (Å²) >= 11 is 0. The number of aromatic nitrogens is 2. The summed E-state index contributed by atoms with van der Waals surface area (Å²) in [7, 11) is 3.50. The van der Waals surface area contributed by atoms with Gasteiger partial charge in [-0.25, -0.2) is 4.39 Å². The fourth-order valence-electron chi connectivity index (χ4n) is 3.06. The second kappa shape index (κ2) is 8.73. The van der Waals surface area contributed by atoms with Gasteiger partial charge in [0.2, 0.25) is 5.91 Å². The van der Waals surface area contributed by atoms with Crippen LogP contribution in [0.4, 0.5) is 10.1 Å². The summed E-state index contributed by atoms with van der Waals surface area (Å²) in [4.78, 5) is 20.5. The monoisotopic (exact) mass is 388 g/mol. The van der Waals surface area contributed by atoms with E-state index in [0.717, 1.165) is 5.69 Å². The number of hydrogen-bond donors (Lipinski definition) is 1. The predicted octanol–water partition coefficient (Wildman–Crippen LogP) is 1.25. The normalized spacial score (nSPS) is 16.3. The summed E-state index contributed by atoms with van der Waals surface area (Å²) in [5, 5.41) is 7.34. The van der Waals surface area contributed by atoms with Gasteiger partial charge in [0.25, 0.3) is 0 Å². The molecule has 9 heteroatoms. The van der Waals surface area contributed by atoms with Gasteiger partial charge in [0.05, 0.1) is 18.4 Å². The second-order valence-electron chi connectivity index (χ2n) is 6.65. The molecule has 1 unspecified atom stereocenters. The first-order chi connectivity index (χ1) is 13.5. The zero-order valence-corrected chi connectivity index (χ0v) is 16.3. The molecule has 1 aliphatic heterocycles. The minimum absolute atomic E-state index is 0.00809. The highest BCUT2D eigenvalue weighted by Gasteiger charge is 2.27. The lowest BCUT2D eigenvalue weighted by Gasteiger charge is -2.35. The molecule has 1 saturated heterocycles. The number of aliphatic imine (C=N–C) groups is 1. The number of carbonyl (C=O) groups excluding carboxylic acids is 1. The number of amides is 1. The van der Waals surface area contributed by atoms with Crippen LogP contribution in [0.2, 0.25) is 0 Å². The van der Waals surface area contributed by atoms with E-state index >= 15 is 0 Å². The summed E-state index contributed by atoms with van der Waals surface area (Å²) in [6, 6.07) is 6.04. The lowest BCUT2D eigenvalue weighted by Crippen LogP contribution is -2.56. The molecule has 1 N–H and O–H groups in total. The van der Waals surface area contributed by atoms with Crippen LogP contribution in [-0.4, -0.2) is 65.9 Å². The first-order valence-corrected chi connectivity index (χ1v) is 9.13. The molecule has 8 nitrogen and oxygen atoms in total. The Labute approximate surface area is 163 Å². The van der Waals surface area contributed by atoms with Gasteiger partial charge in [-0.05, 0) is 19.1 Å². The van der Waals surface area contributed by atoms with Gasteiger partial charge in [-0.15, -0.1) is 0 Å². The Morgan fingerprint density at radius 3 is 2.89 bits per heavy atom. The van der Waals surface area contributed by atoms with Gasteiger partial charge < -0.3 is 19.9 Å². The fraction of sp³-hybridized carbons (Fsp3) is 0.421. The lowest BCUT2D eigenvalue weighted by molar-refractivity contribution is -0.120. The molecule has 2 heterocycles. The van der Waals surface area contributed by atoms with Crippen LogP contribution in [0.3, 0.4) is 0 Å². The Balaban J connectivity index is 1.52. The molecule has 1 atom stereocenters. The van der Waals surface area contributed by atoms with Crippen LogP contribution in [-0.2, 0) is 11.8 Å². The number of anilines is 1. The number of halogens is 1. The predicted molar refractivity (Wildman–Crippen MR) is 105 cm³/mol. The number of nitrogens with zero attached hydrogens (tertiary/aromatic N) is 5. The van der Waals surface area contributed by atoms with E-state index in [9.17, 15) is 9.18 Å². The molecular weight excluding hydrogens is 363 g/mol. The van der Waals surface area contributed by atoms with E-state index in [-0.39, 0.29) is 24.4 Å². The summed E-state index contributed by atoms with van der Waals surface area (Å²) in [5.41, 5.74) is 0.798. The number of benzene rings is 1. The van der Waals surface area contributed by atoms with Crippen LogP contribution in [0.5, 0.6) is 5.75 Å². The van der Waals surface area contributed by atoms with Crippen molar-refractivity contribution in [3.63, 3.8) is 0 Å². The van der Waals surface area contributed by atoms with Gasteiger partial charge >= 0.3 is 0 Å². The maximum atomic E-state index is 13.3. The first kappa shape index (κ1) is 19.7. The van der Waals surface area contributed by atoms with Crippen LogP contribution in [0.1, 0.15) is 6.92 Å². The third-order valence-electron chi connectivity index (χ3n) is 4.42. The molecule has 2 aromatic rings. The van der Waals surface area contributed by atoms with Crippen LogP contribution < -0.4 is 15.0 Å². The van der Waals surface area contributed by atoms with E-state index in [1.165, 1.54) is 12.1 Å². The molecule has 0 bridgehead atoms. The Bertz CT molecular complexity index is 852. The quantitative estimate of drug-likeness (QED) is 0.616. The molecule has 0 spiro atoms. The van der Waals surface area contributed by atoms with Gasteiger partial charge in [-0.2, -0.15) is 5.10 Å². The van der Waals surface area contributed by atoms with Crippen molar-refractivity contribution in [1.29, 1.82) is 0 Å². The van der Waals surface area contributed by atoms with Crippen LogP contribution in [0, 0.1) is 5.82 Å². The van der Waals surface area contributed by atoms with Gasteiger partial charge in [-0.3, -0.25) is 14.5 Å². The summed E-state index contributed by atoms with van der Waals surface area (Å²) in [5.74, 6) is 0.767. The number of hydrogen-bond acceptors (Lipinski definition) is 4. The molecular formula is C19H25FN6O2. The molecule has 150 valence electrons. The zero-order chi connectivity index (χ0) is 20.1. The smallest absolute Gasteiger partial charge is 0.246 e. The molecule has 1 aromatic carbocycles. The number of rotatable bonds is 5. The van der Waals surface area contributed by atoms with Crippen molar-refractivity contribution in [1.82, 2.24) is 20.0 Å². The molecule has 1 amide bonds. The van der Waals surface area contributed by atoms with E-state index in [0.29, 0.717) is 31.3 Å². The maximum absolute atomic E-state index is 13.3. The standard InChI is InChI=1S/C19H25FN6O2/c1-14(28-17-6-4-5-15(20)9-17)10-22-19(21-2)25-7-8-26(18(27)13-25)16-11-23-24(3)12-16/h4-6,9,11-12,14H,7-8,10,13H2,1-3H3,(H,21,22). The van der Waals surface area contributed by atoms with E-state index < -0.39 is 0 Å². The Hall–Kier alpha value is -3.10. The highest BCUT2D eigenvalue weighted by molar-refractivity contribution is 5.98. The molecule has 1 aromatic heterocycles. The number of nitrogens with one attached hydrogen (secondary N) is 1. The summed E-state index contributed by atoms with van der Waals surface area (Å²) in [6.07, 6.45) is 3.31. The van der Waals surface area contributed by atoms with Crippen molar-refractivity contribution in [2.45, 2.75) is 13.0 Å². The minimum Gasteiger partial charge on any atom is -0.489 e. The lowest BCUT2D eigenvalue weighted by atomic mass is 10.3. The first-order valence-electron chi connectivity index (χ1n) is 9.13. The number of ether oxygens (including phenoxy) is 1. The number of guanidine groups is 1. The van der Waals surface area contributed by atoms with Gasteiger partial charge in [-0.1, -0.05) is 6.07 Å². The highest BCUT2D eigenvalue weighted by atomic mass is 19.1. The molecule has 0 aliphatic carbocycles. The van der Waals surface area contributed by atoms with Crippen molar-refractivity contribution in [3.05, 3.63) is 42.5 Å². The van der Waals surface area contributed by atoms with Gasteiger partial charge in [0.15, 0.2) is 5.96 Å². The summed E-state index contributed by atoms with van der Waals surface area (Å²) < 4.78 is 20.7. The Morgan fingerprint density at radius 2 is 2.25 bits per heavy atom. The highest BCUT2D eigenvalue weighted by Crippen LogP contribution is 2.16. The maximum Gasteiger partial charge on any atom is 0.246 e. The van der Waals surface area contributed by atoms with Crippen molar-refractivity contribution >= 4 is 17.6 Å². The van der Waals surface area contributed by atoms with E-state index in [2.05, 4.69) is 15.4 Å². The molecule has 28 heavy (non-hydrogen) atoms. The minimum atomic E-state index is -0.335. The largest absolute Gasteiger partial charge is 0.489 e. The number of carbonyl (C=O) groups is 1. The van der Waals surface area contributed by atoms with Crippen molar-refractivity contribution in [2.24, 2.45) is 12.0 Å². The van der Waals surface area contributed by atoms with Crippen LogP contribution in [0.25, 0.3) is 0 Å². The molecule has 0 radical (unpaired) electrons. The van der Waals surface area contributed by atoms with E-state index in [1.54, 1.807) is 35.0 Å². The topological polar surface area (TPSA) is 75.0 Å². The fourth-order valence-corrected chi connectivity index (χ4v) is 3.06. The molecule has 0 saturated carbocycles. The third-order valence-corrected chi connectivity index (χ3v) is 4.42. The van der Waals surface area contributed by atoms with Gasteiger partial charge in [0, 0.05) is 39.4 Å². The van der Waals surface area contributed by atoms with Crippen LogP contribution in [0.15, 0.2) is 41.7 Å². The third kappa shape index (κ3) is 4.79. The van der Waals surface area contributed by atoms with E-state index in [4.69, 9.17) is 4.74 Å². The SMILES string of the molecule is CN=C(NCC(C)Oc1cccc(F)c1)N1CCN(c2cnn(C)c2)C(=O)C1. The summed E-state index contributed by atoms with van der Waals surface area (Å²) in [6.45, 7) is 3.80. The Kier molecular flexibility index (Phi) is 6.13. The van der Waals surface area contributed by atoms with Crippen molar-refractivity contribution < 1.29 is 13.9 Å². The molecule has 3 rings (SSSR count). The van der Waals surface area contributed by atoms with Gasteiger partial charge in [0.1, 0.15) is 24.2 Å². The average molecular weight is 388 g/mol. The average Bonchev–Trinajstić information content (AvgIpc) is 3.08. The van der Waals surface area contributed by atoms with E-state index in [1.807, 2.05) is 25.1 Å². The Morgan fingerprint density at radius 1 is 1.43 bits per heavy atom. The van der Waals surface area contributed by atoms with Crippen molar-refractivity contribution in [2.75, 3.05) is 38.1 Å². The van der Waals surface area contributed by atoms with Crippen molar-refractivity contribution in [3.8, 4) is 5.75 Å².